The molecule has 1 aliphatic heterocycles. The molecule has 0 amide bonds. The smallest absolute Gasteiger partial charge is 0.190 e. The second-order valence-electron chi connectivity index (χ2n) is 8.01. The number of carbonyl (C=O) groups excluding carboxylic acids is 2. The van der Waals surface area contributed by atoms with E-state index in [0.29, 0.717) is 11.1 Å². The second kappa shape index (κ2) is 5.96. The largest absolute Gasteiger partial charge is 0.392 e. The van der Waals surface area contributed by atoms with Crippen LogP contribution in [-0.2, 0) is 19.1 Å². The fourth-order valence-electron chi connectivity index (χ4n) is 4.64. The van der Waals surface area contributed by atoms with Crippen LogP contribution in [0.1, 0.15) is 13.8 Å². The first-order chi connectivity index (χ1) is 12.3. The molecular formula is C20H24O6. The minimum absolute atomic E-state index is 0.168. The van der Waals surface area contributed by atoms with Crippen LogP contribution in [0.25, 0.3) is 0 Å². The van der Waals surface area contributed by atoms with E-state index in [4.69, 9.17) is 9.47 Å². The summed E-state index contributed by atoms with van der Waals surface area (Å²) in [6.07, 6.45) is 5.33. The van der Waals surface area contributed by atoms with Gasteiger partial charge in [0.1, 0.15) is 12.2 Å². The molecule has 3 aliphatic carbocycles. The zero-order valence-electron chi connectivity index (χ0n) is 15.1. The molecule has 140 valence electrons. The number of hydrogen-bond acceptors (Lipinski definition) is 6. The minimum Gasteiger partial charge on any atom is -0.392 e. The Morgan fingerprint density at radius 2 is 1.92 bits per heavy atom. The lowest BCUT2D eigenvalue weighted by molar-refractivity contribution is -0.126. The molecule has 6 nitrogen and oxygen atoms in total. The van der Waals surface area contributed by atoms with Crippen molar-refractivity contribution in [2.24, 2.45) is 23.7 Å². The summed E-state index contributed by atoms with van der Waals surface area (Å²) in [6.45, 7) is 3.41. The van der Waals surface area contributed by atoms with Gasteiger partial charge >= 0.3 is 0 Å². The molecule has 0 aromatic rings. The molecule has 1 saturated carbocycles. The molecule has 1 heterocycles. The monoisotopic (exact) mass is 360 g/mol. The van der Waals surface area contributed by atoms with Crippen molar-refractivity contribution in [2.75, 3.05) is 13.7 Å². The van der Waals surface area contributed by atoms with Gasteiger partial charge in [0.15, 0.2) is 11.6 Å². The van der Waals surface area contributed by atoms with Crippen LogP contribution in [-0.4, -0.2) is 59.4 Å². The summed E-state index contributed by atoms with van der Waals surface area (Å²) in [5, 5.41) is 20.1. The number of fused-ring (bicyclic) bond motifs is 6. The van der Waals surface area contributed by atoms with E-state index in [9.17, 15) is 19.8 Å². The summed E-state index contributed by atoms with van der Waals surface area (Å²) in [4.78, 5) is 26.4. The second-order valence-corrected chi connectivity index (χ2v) is 8.01. The predicted molar refractivity (Wildman–Crippen MR) is 92.1 cm³/mol. The van der Waals surface area contributed by atoms with Crippen molar-refractivity contribution in [3.63, 3.8) is 0 Å². The van der Waals surface area contributed by atoms with E-state index in [1.165, 1.54) is 6.08 Å². The Hall–Kier alpha value is -1.60. The molecule has 2 fully saturated rings. The molecule has 0 radical (unpaired) electrons. The van der Waals surface area contributed by atoms with Gasteiger partial charge in [-0.1, -0.05) is 24.3 Å². The number of methoxy groups -OCH3 is 1. The Morgan fingerprint density at radius 3 is 2.58 bits per heavy atom. The zero-order chi connectivity index (χ0) is 18.8. The van der Waals surface area contributed by atoms with Crippen LogP contribution in [0.4, 0.5) is 0 Å². The summed E-state index contributed by atoms with van der Waals surface area (Å²) < 4.78 is 11.1. The van der Waals surface area contributed by atoms with E-state index in [0.717, 1.165) is 0 Å². The molecule has 4 rings (SSSR count). The maximum absolute atomic E-state index is 13.4. The van der Waals surface area contributed by atoms with Crippen molar-refractivity contribution in [2.45, 2.75) is 37.8 Å². The van der Waals surface area contributed by atoms with E-state index in [-0.39, 0.29) is 30.2 Å². The number of rotatable bonds is 3. The summed E-state index contributed by atoms with van der Waals surface area (Å²) in [7, 11) is 1.56. The van der Waals surface area contributed by atoms with Gasteiger partial charge in [0.2, 0.25) is 0 Å². The van der Waals surface area contributed by atoms with Gasteiger partial charge in [0, 0.05) is 36.0 Å². The maximum Gasteiger partial charge on any atom is 0.190 e. The first-order valence-corrected chi connectivity index (χ1v) is 9.00. The highest BCUT2D eigenvalue weighted by Gasteiger charge is 2.60. The average Bonchev–Trinajstić information content (AvgIpc) is 3.30. The van der Waals surface area contributed by atoms with Crippen molar-refractivity contribution in [3.8, 4) is 0 Å². The number of hydrogen-bond donors (Lipinski definition) is 2. The van der Waals surface area contributed by atoms with Gasteiger partial charge in [-0.25, -0.2) is 0 Å². The molecule has 6 heteroatoms. The molecule has 4 aliphatic rings. The molecule has 1 unspecified atom stereocenters. The molecule has 0 aromatic heterocycles. The van der Waals surface area contributed by atoms with Crippen LogP contribution >= 0.6 is 0 Å². The van der Waals surface area contributed by atoms with Gasteiger partial charge in [0.05, 0.1) is 24.2 Å². The van der Waals surface area contributed by atoms with Crippen LogP contribution in [0.2, 0.25) is 0 Å². The fourth-order valence-corrected chi connectivity index (χ4v) is 4.64. The highest BCUT2D eigenvalue weighted by atomic mass is 16.6. The van der Waals surface area contributed by atoms with Crippen LogP contribution in [0.15, 0.2) is 35.5 Å². The number of ether oxygens (including phenoxy) is 2. The van der Waals surface area contributed by atoms with E-state index < -0.39 is 35.6 Å². The van der Waals surface area contributed by atoms with Gasteiger partial charge < -0.3 is 19.7 Å². The SMILES string of the molecule is COC(C)(C)[C@@H]1C=C2C(=O)[C@H]3O[C@H]3C3C=C[C@@H]([C@H]2C(=O)/C1=C\CO)[C@@H]3O. The minimum atomic E-state index is -0.752. The number of ketones is 2. The van der Waals surface area contributed by atoms with Crippen LogP contribution in [0, 0.1) is 23.7 Å². The molecule has 26 heavy (non-hydrogen) atoms. The van der Waals surface area contributed by atoms with Gasteiger partial charge in [0.25, 0.3) is 0 Å². The fraction of sp³-hybridized carbons (Fsp3) is 0.600. The Balaban J connectivity index is 1.87. The summed E-state index contributed by atoms with van der Waals surface area (Å²) in [6, 6.07) is 0. The van der Waals surface area contributed by atoms with Crippen molar-refractivity contribution in [1.82, 2.24) is 0 Å². The molecule has 2 N–H and O–H groups in total. The quantitative estimate of drug-likeness (QED) is 0.434. The summed E-state index contributed by atoms with van der Waals surface area (Å²) in [5.74, 6) is -2.31. The van der Waals surface area contributed by atoms with Crippen LogP contribution in [0.5, 0.6) is 0 Å². The van der Waals surface area contributed by atoms with Crippen molar-refractivity contribution < 1.29 is 29.3 Å². The Bertz CT molecular complexity index is 745. The van der Waals surface area contributed by atoms with E-state index in [1.54, 1.807) is 13.2 Å². The third kappa shape index (κ3) is 2.40. The Morgan fingerprint density at radius 1 is 1.23 bits per heavy atom. The first-order valence-electron chi connectivity index (χ1n) is 9.00. The molecule has 7 atom stereocenters. The zero-order valence-corrected chi connectivity index (χ0v) is 15.1. The van der Waals surface area contributed by atoms with Gasteiger partial charge in [-0.05, 0) is 13.8 Å². The predicted octanol–water partition coefficient (Wildman–Crippen LogP) is 0.585. The lowest BCUT2D eigenvalue weighted by Gasteiger charge is -2.40. The number of aliphatic hydroxyl groups is 2. The van der Waals surface area contributed by atoms with Gasteiger partial charge in [-0.15, -0.1) is 0 Å². The van der Waals surface area contributed by atoms with E-state index in [1.807, 2.05) is 26.0 Å². The molecule has 0 spiro atoms. The van der Waals surface area contributed by atoms with E-state index in [2.05, 4.69) is 0 Å². The van der Waals surface area contributed by atoms with Gasteiger partial charge in [-0.2, -0.15) is 0 Å². The van der Waals surface area contributed by atoms with Crippen LogP contribution in [0.3, 0.4) is 0 Å². The van der Waals surface area contributed by atoms with Crippen molar-refractivity contribution >= 4 is 11.6 Å². The first kappa shape index (κ1) is 17.8. The standard InChI is InChI=1S/C20H24O6/c1-20(2,25-3)13-8-12-14(16(23)9(13)6-7-21)10-4-5-11(15(10)22)18-19(26-18)17(12)24/h4-6,8,10-11,13-15,18-19,21-22H,7H2,1-3H3/b9-6-/t10-,11?,13+,14+,15-,18-,19+/m0/s1. The van der Waals surface area contributed by atoms with Crippen molar-refractivity contribution in [3.05, 3.63) is 35.5 Å². The Labute approximate surface area is 152 Å². The third-order valence-corrected chi connectivity index (χ3v) is 6.35. The molecule has 1 saturated heterocycles. The number of epoxide rings is 1. The number of Topliss-reactive ketones (excluding diaryl/α,β-unsaturated/α-hetero) is 2. The average molecular weight is 360 g/mol. The molecule has 2 bridgehead atoms. The number of carbonyl (C=O) groups is 2. The third-order valence-electron chi connectivity index (χ3n) is 6.35. The topological polar surface area (TPSA) is 96.4 Å². The normalized spacial score (nSPS) is 42.9. The molecule has 0 aromatic carbocycles. The Kier molecular flexibility index (Phi) is 4.08. The lowest BCUT2D eigenvalue weighted by Crippen LogP contribution is -2.47. The van der Waals surface area contributed by atoms with Crippen LogP contribution < -0.4 is 0 Å². The summed E-state index contributed by atoms with van der Waals surface area (Å²) in [5.41, 5.74) is 0.105. The van der Waals surface area contributed by atoms with Crippen molar-refractivity contribution in [1.29, 1.82) is 0 Å². The number of aliphatic hydroxyl groups excluding tert-OH is 2. The lowest BCUT2D eigenvalue weighted by atomic mass is 9.65. The summed E-state index contributed by atoms with van der Waals surface area (Å²) >= 11 is 0. The maximum atomic E-state index is 13.4. The van der Waals surface area contributed by atoms with E-state index >= 15 is 0 Å². The molecular weight excluding hydrogens is 336 g/mol. The highest BCUT2D eigenvalue weighted by molar-refractivity contribution is 6.12. The van der Waals surface area contributed by atoms with Gasteiger partial charge in [-0.3, -0.25) is 9.59 Å². The highest BCUT2D eigenvalue weighted by Crippen LogP contribution is 2.50.